The average molecular weight is 591 g/mol. The Bertz CT molecular complexity index is 1350. The van der Waals surface area contributed by atoms with E-state index < -0.39 is 76.9 Å². The highest BCUT2D eigenvalue weighted by Gasteiger charge is 2.41. The number of hydrogen-bond acceptors (Lipinski definition) is 12. The van der Waals surface area contributed by atoms with Gasteiger partial charge in [0.2, 0.25) is 0 Å². The van der Waals surface area contributed by atoms with Crippen LogP contribution in [-0.4, -0.2) is 75.3 Å². The molecular formula is C23H30N2O12S2. The van der Waals surface area contributed by atoms with E-state index >= 15 is 0 Å². The molecule has 1 aromatic rings. The lowest BCUT2D eigenvalue weighted by Gasteiger charge is -2.27. The Kier molecular flexibility index (Phi) is 10.8. The number of hydroxylamine groups is 1. The van der Waals surface area contributed by atoms with Gasteiger partial charge in [0.25, 0.3) is 0 Å². The maximum absolute atomic E-state index is 13.5. The van der Waals surface area contributed by atoms with Gasteiger partial charge in [0.15, 0.2) is 9.84 Å². The van der Waals surface area contributed by atoms with Crippen molar-refractivity contribution in [3.63, 3.8) is 0 Å². The summed E-state index contributed by atoms with van der Waals surface area (Å²) in [4.78, 5) is 53.8. The first-order chi connectivity index (χ1) is 17.6. The molecule has 0 aliphatic heterocycles. The number of amides is 2. The summed E-state index contributed by atoms with van der Waals surface area (Å²) in [6, 6.07) is 4.24. The van der Waals surface area contributed by atoms with E-state index in [9.17, 15) is 36.0 Å². The number of sulfone groups is 1. The fraction of sp³-hybridized carbons (Fsp3) is 0.391. The van der Waals surface area contributed by atoms with E-state index in [2.05, 4.69) is 13.2 Å². The van der Waals surface area contributed by atoms with E-state index in [0.717, 1.165) is 18.4 Å². The number of nitrogens with zero attached hydrogens (tertiary/aromatic N) is 2. The first-order valence-corrected chi connectivity index (χ1v) is 14.2. The van der Waals surface area contributed by atoms with Crippen LogP contribution in [0.4, 0.5) is 9.59 Å². The molecule has 0 heterocycles. The first-order valence-electron chi connectivity index (χ1n) is 10.9. The van der Waals surface area contributed by atoms with Gasteiger partial charge in [0.1, 0.15) is 23.6 Å². The largest absolute Gasteiger partial charge is 0.459 e. The third-order valence-electron chi connectivity index (χ3n) is 3.92. The fourth-order valence-electron chi connectivity index (χ4n) is 2.62. The zero-order chi connectivity index (χ0) is 30.3. The summed E-state index contributed by atoms with van der Waals surface area (Å²) in [5.41, 5.74) is -1.30. The summed E-state index contributed by atoms with van der Waals surface area (Å²) in [7, 11) is -9.42. The van der Waals surface area contributed by atoms with Crippen LogP contribution in [0.2, 0.25) is 0 Å². The Balaban J connectivity index is 3.60. The summed E-state index contributed by atoms with van der Waals surface area (Å²) < 4.78 is 65.5. The summed E-state index contributed by atoms with van der Waals surface area (Å²) in [6.45, 7) is 11.6. The van der Waals surface area contributed by atoms with Crippen molar-refractivity contribution in [2.24, 2.45) is 0 Å². The molecule has 39 heavy (non-hydrogen) atoms. The molecule has 16 heteroatoms. The van der Waals surface area contributed by atoms with Gasteiger partial charge in [0.05, 0.1) is 16.4 Å². The second kappa shape index (κ2) is 12.8. The second-order valence-electron chi connectivity index (χ2n) is 9.00. The number of allylic oxidation sites excluding steroid dienone is 2. The van der Waals surface area contributed by atoms with E-state index in [-0.39, 0.29) is 11.5 Å². The molecule has 0 spiro atoms. The third-order valence-corrected chi connectivity index (χ3v) is 6.78. The number of rotatable bonds is 9. The molecule has 0 aliphatic rings. The lowest BCUT2D eigenvalue weighted by atomic mass is 10.2. The van der Waals surface area contributed by atoms with Crippen LogP contribution in [0.25, 0.3) is 0 Å². The zero-order valence-electron chi connectivity index (χ0n) is 22.2. The normalized spacial score (nSPS) is 11.5. The molecule has 0 unspecified atom stereocenters. The molecule has 1 rings (SSSR count). The molecule has 0 saturated carbocycles. The Morgan fingerprint density at radius 3 is 1.64 bits per heavy atom. The summed E-state index contributed by atoms with van der Waals surface area (Å²) in [5.74, 6) is -2.32. The molecule has 0 aromatic heterocycles. The number of carbonyl (C=O) groups excluding carboxylic acids is 4. The molecule has 216 valence electrons. The minimum Gasteiger partial charge on any atom is -0.441 e. The van der Waals surface area contributed by atoms with Crippen molar-refractivity contribution in [2.75, 3.05) is 19.3 Å². The molecule has 0 radical (unpaired) electrons. The molecule has 0 atom stereocenters. The van der Waals surface area contributed by atoms with Crippen molar-refractivity contribution >= 4 is 44.0 Å². The minimum absolute atomic E-state index is 0.0619. The highest BCUT2D eigenvalue weighted by atomic mass is 32.2. The maximum Gasteiger partial charge on any atom is 0.459 e. The van der Waals surface area contributed by atoms with E-state index in [1.807, 2.05) is 0 Å². The molecule has 0 aliphatic carbocycles. The Hall–Kier alpha value is -3.92. The molecule has 0 bridgehead atoms. The average Bonchev–Trinajstić information content (AvgIpc) is 2.73. The van der Waals surface area contributed by atoms with Crippen molar-refractivity contribution < 1.29 is 55.1 Å². The van der Waals surface area contributed by atoms with Gasteiger partial charge < -0.3 is 14.2 Å². The number of sulfonamides is 1. The fourth-order valence-corrected chi connectivity index (χ4v) is 5.30. The van der Waals surface area contributed by atoms with Crippen molar-refractivity contribution in [1.82, 2.24) is 9.37 Å². The second-order valence-corrected chi connectivity index (χ2v) is 12.7. The van der Waals surface area contributed by atoms with Gasteiger partial charge in [-0.05, 0) is 51.2 Å². The SMILES string of the molecule is C=C(C)OC(=O)CN(CC(=O)OC(=C)C)C(=O)ON(C(=O)OC(C)(C)C)S(=O)(=O)c1ccccc1S(C)(=O)=O. The number of esters is 2. The van der Waals surface area contributed by atoms with Crippen molar-refractivity contribution in [3.05, 3.63) is 48.9 Å². The van der Waals surface area contributed by atoms with Gasteiger partial charge in [-0.15, -0.1) is 0 Å². The summed E-state index contributed by atoms with van der Waals surface area (Å²) in [5, 5.41) is 0. The van der Waals surface area contributed by atoms with Crippen molar-refractivity contribution in [2.45, 2.75) is 50.0 Å². The lowest BCUT2D eigenvalue weighted by Crippen LogP contribution is -2.47. The standard InChI is InChI=1S/C23H30N2O12S2/c1-15(2)34-19(26)13-24(14-20(27)35-16(3)4)21(28)37-25(22(29)36-23(5,6)7)39(32,33)18-12-10-9-11-17(18)38(8,30)31/h9-12H,1,3,13-14H2,2,4-8H3. The van der Waals surface area contributed by atoms with Crippen LogP contribution in [0.15, 0.2) is 58.7 Å². The van der Waals surface area contributed by atoms with E-state index in [1.165, 1.54) is 46.8 Å². The van der Waals surface area contributed by atoms with E-state index in [0.29, 0.717) is 4.90 Å². The molecule has 2 amide bonds. The lowest BCUT2D eigenvalue weighted by molar-refractivity contribution is -0.144. The summed E-state index contributed by atoms with van der Waals surface area (Å²) in [6.07, 6.45) is -2.71. The van der Waals surface area contributed by atoms with Crippen molar-refractivity contribution in [1.29, 1.82) is 0 Å². The molecule has 0 fully saturated rings. The quantitative estimate of drug-likeness (QED) is 0.178. The van der Waals surface area contributed by atoms with E-state index in [4.69, 9.17) is 19.0 Å². The van der Waals surface area contributed by atoms with Gasteiger partial charge >= 0.3 is 34.1 Å². The highest BCUT2D eigenvalue weighted by Crippen LogP contribution is 2.26. The van der Waals surface area contributed by atoms with Gasteiger partial charge in [-0.25, -0.2) is 27.6 Å². The van der Waals surface area contributed by atoms with Gasteiger partial charge in [-0.1, -0.05) is 25.3 Å². The minimum atomic E-state index is -5.26. The van der Waals surface area contributed by atoms with Crippen LogP contribution in [0.5, 0.6) is 0 Å². The monoisotopic (exact) mass is 590 g/mol. The molecule has 14 nitrogen and oxygen atoms in total. The molecular weight excluding hydrogens is 560 g/mol. The van der Waals surface area contributed by atoms with Crippen LogP contribution < -0.4 is 0 Å². The Morgan fingerprint density at radius 2 is 1.26 bits per heavy atom. The van der Waals surface area contributed by atoms with Crippen LogP contribution >= 0.6 is 0 Å². The van der Waals surface area contributed by atoms with Gasteiger partial charge in [-0.3, -0.25) is 9.74 Å². The smallest absolute Gasteiger partial charge is 0.441 e. The zero-order valence-corrected chi connectivity index (χ0v) is 23.9. The third kappa shape index (κ3) is 10.4. The van der Waals surface area contributed by atoms with Gasteiger partial charge in [-0.2, -0.15) is 8.42 Å². The Morgan fingerprint density at radius 1 is 0.821 bits per heavy atom. The Labute approximate surface area is 226 Å². The number of carbonyl (C=O) groups is 4. The van der Waals surface area contributed by atoms with Crippen LogP contribution in [0.1, 0.15) is 34.6 Å². The number of hydrogen-bond donors (Lipinski definition) is 0. The van der Waals surface area contributed by atoms with Crippen LogP contribution in [0.3, 0.4) is 0 Å². The van der Waals surface area contributed by atoms with Gasteiger partial charge in [0, 0.05) is 6.26 Å². The van der Waals surface area contributed by atoms with Crippen LogP contribution in [0, 0.1) is 0 Å². The molecule has 0 saturated heterocycles. The highest BCUT2D eigenvalue weighted by molar-refractivity contribution is 7.93. The maximum atomic E-state index is 13.5. The topological polar surface area (TPSA) is 180 Å². The predicted octanol–water partition coefficient (Wildman–Crippen LogP) is 2.52. The van der Waals surface area contributed by atoms with E-state index in [1.54, 1.807) is 0 Å². The van der Waals surface area contributed by atoms with Crippen LogP contribution in [-0.2, 0) is 48.5 Å². The number of ether oxygens (including phenoxy) is 3. The first kappa shape index (κ1) is 33.1. The molecule has 1 aromatic carbocycles. The molecule has 0 N–H and O–H groups in total. The summed E-state index contributed by atoms with van der Waals surface area (Å²) >= 11 is 0. The predicted molar refractivity (Wildman–Crippen MR) is 135 cm³/mol. The van der Waals surface area contributed by atoms with Crippen molar-refractivity contribution in [3.8, 4) is 0 Å². The number of benzene rings is 1.